The lowest BCUT2D eigenvalue weighted by Gasteiger charge is -2.20. The lowest BCUT2D eigenvalue weighted by atomic mass is 9.91. The average Bonchev–Trinajstić information content (AvgIpc) is 2.32. The summed E-state index contributed by atoms with van der Waals surface area (Å²) in [6.45, 7) is 8.25. The topological polar surface area (TPSA) is 9.23 Å². The second kappa shape index (κ2) is 7.34. The van der Waals surface area contributed by atoms with Crippen LogP contribution >= 0.6 is 15.9 Å². The van der Waals surface area contributed by atoms with Crippen LogP contribution in [0, 0.1) is 27.7 Å². The van der Waals surface area contributed by atoms with Crippen molar-refractivity contribution in [1.29, 1.82) is 0 Å². The highest BCUT2D eigenvalue weighted by Crippen LogP contribution is 2.34. The van der Waals surface area contributed by atoms with Crippen LogP contribution in [0.4, 0.5) is 8.78 Å². The van der Waals surface area contributed by atoms with E-state index in [-0.39, 0.29) is 4.83 Å². The predicted octanol–water partition coefficient (Wildman–Crippen LogP) is 5.03. The molecule has 0 aliphatic heterocycles. The van der Waals surface area contributed by atoms with Crippen LogP contribution in [-0.4, -0.2) is 19.6 Å². The Labute approximate surface area is 122 Å². The molecule has 1 aromatic rings. The van der Waals surface area contributed by atoms with Crippen LogP contribution in [0.25, 0.3) is 0 Å². The SMILES string of the molecule is Cc1cc(C)c(C)c(C(Br)CCOCC(F)F)c1C. The van der Waals surface area contributed by atoms with Crippen molar-refractivity contribution in [1.82, 2.24) is 0 Å². The summed E-state index contributed by atoms with van der Waals surface area (Å²) in [5.74, 6) is 0. The van der Waals surface area contributed by atoms with E-state index in [1.54, 1.807) is 0 Å². The van der Waals surface area contributed by atoms with Gasteiger partial charge in [0.25, 0.3) is 6.43 Å². The smallest absolute Gasteiger partial charge is 0.261 e. The summed E-state index contributed by atoms with van der Waals surface area (Å²) in [4.78, 5) is 0.142. The van der Waals surface area contributed by atoms with Crippen LogP contribution in [0.1, 0.15) is 39.1 Å². The van der Waals surface area contributed by atoms with Crippen molar-refractivity contribution in [2.45, 2.75) is 45.4 Å². The third kappa shape index (κ3) is 4.53. The minimum Gasteiger partial charge on any atom is -0.375 e. The van der Waals surface area contributed by atoms with Gasteiger partial charge in [0.1, 0.15) is 6.61 Å². The largest absolute Gasteiger partial charge is 0.375 e. The van der Waals surface area contributed by atoms with Crippen LogP contribution < -0.4 is 0 Å². The molecule has 0 heterocycles. The summed E-state index contributed by atoms with van der Waals surface area (Å²) in [6.07, 6.45) is -1.70. The molecule has 0 fully saturated rings. The Hall–Kier alpha value is -0.480. The van der Waals surface area contributed by atoms with E-state index in [0.29, 0.717) is 13.0 Å². The number of benzene rings is 1. The lowest BCUT2D eigenvalue weighted by molar-refractivity contribution is 0.0167. The standard InChI is InChI=1S/C15H21BrF2O/c1-9-7-10(2)12(4)15(11(9)3)13(16)5-6-19-8-14(17)18/h7,13-14H,5-6,8H2,1-4H3. The molecular formula is C15H21BrF2O. The number of aryl methyl sites for hydroxylation is 2. The Kier molecular flexibility index (Phi) is 6.40. The Bertz CT molecular complexity index is 406. The quantitative estimate of drug-likeness (QED) is 0.523. The average molecular weight is 335 g/mol. The first-order valence-corrected chi connectivity index (χ1v) is 7.33. The van der Waals surface area contributed by atoms with Crippen molar-refractivity contribution >= 4 is 15.9 Å². The van der Waals surface area contributed by atoms with E-state index in [0.717, 1.165) is 0 Å². The van der Waals surface area contributed by atoms with Crippen LogP contribution in [0.3, 0.4) is 0 Å². The normalized spacial score (nSPS) is 13.1. The summed E-state index contributed by atoms with van der Waals surface area (Å²) < 4.78 is 28.9. The molecule has 0 aliphatic carbocycles. The van der Waals surface area contributed by atoms with Crippen molar-refractivity contribution < 1.29 is 13.5 Å². The molecule has 0 radical (unpaired) electrons. The number of alkyl halides is 3. The van der Waals surface area contributed by atoms with E-state index in [9.17, 15) is 8.78 Å². The van der Waals surface area contributed by atoms with Crippen molar-refractivity contribution in [3.05, 3.63) is 33.9 Å². The molecule has 4 heteroatoms. The minimum absolute atomic E-state index is 0.142. The number of rotatable bonds is 6. The zero-order valence-electron chi connectivity index (χ0n) is 11.9. The molecule has 1 unspecified atom stereocenters. The first kappa shape index (κ1) is 16.6. The first-order valence-electron chi connectivity index (χ1n) is 6.41. The van der Waals surface area contributed by atoms with Crippen LogP contribution in [0.2, 0.25) is 0 Å². The van der Waals surface area contributed by atoms with Gasteiger partial charge in [0.05, 0.1) is 0 Å². The van der Waals surface area contributed by atoms with Gasteiger partial charge >= 0.3 is 0 Å². The van der Waals surface area contributed by atoms with Gasteiger partial charge in [0.15, 0.2) is 0 Å². The summed E-state index contributed by atoms with van der Waals surface area (Å²) in [5, 5.41) is 0. The molecular weight excluding hydrogens is 314 g/mol. The predicted molar refractivity (Wildman–Crippen MR) is 78.5 cm³/mol. The van der Waals surface area contributed by atoms with Gasteiger partial charge in [0.2, 0.25) is 0 Å². The van der Waals surface area contributed by atoms with E-state index >= 15 is 0 Å². The molecule has 1 rings (SSSR count). The number of ether oxygens (including phenoxy) is 1. The molecule has 1 aromatic carbocycles. The van der Waals surface area contributed by atoms with E-state index in [2.05, 4.69) is 49.7 Å². The monoisotopic (exact) mass is 334 g/mol. The molecule has 0 amide bonds. The van der Waals surface area contributed by atoms with Gasteiger partial charge in [-0.15, -0.1) is 0 Å². The fourth-order valence-corrected chi connectivity index (χ4v) is 3.09. The molecule has 0 bridgehead atoms. The second-order valence-corrected chi connectivity index (χ2v) is 6.00. The second-order valence-electron chi connectivity index (χ2n) is 4.90. The van der Waals surface area contributed by atoms with Gasteiger partial charge in [-0.05, 0) is 61.9 Å². The maximum absolute atomic E-state index is 12.0. The Morgan fingerprint density at radius 2 is 1.63 bits per heavy atom. The summed E-state index contributed by atoms with van der Waals surface area (Å²) in [5.41, 5.74) is 6.31. The molecule has 0 spiro atoms. The molecule has 108 valence electrons. The third-order valence-electron chi connectivity index (χ3n) is 3.50. The Balaban J connectivity index is 2.74. The number of hydrogen-bond acceptors (Lipinski definition) is 1. The summed E-state index contributed by atoms with van der Waals surface area (Å²) in [6, 6.07) is 2.18. The highest BCUT2D eigenvalue weighted by molar-refractivity contribution is 9.09. The number of hydrogen-bond donors (Lipinski definition) is 0. The Morgan fingerprint density at radius 1 is 1.11 bits per heavy atom. The highest BCUT2D eigenvalue weighted by Gasteiger charge is 2.16. The van der Waals surface area contributed by atoms with Gasteiger partial charge < -0.3 is 4.74 Å². The van der Waals surface area contributed by atoms with Crippen LogP contribution in [0.15, 0.2) is 6.07 Å². The zero-order chi connectivity index (χ0) is 14.6. The third-order valence-corrected chi connectivity index (χ3v) is 4.41. The summed E-state index contributed by atoms with van der Waals surface area (Å²) in [7, 11) is 0. The zero-order valence-corrected chi connectivity index (χ0v) is 13.5. The lowest BCUT2D eigenvalue weighted by Crippen LogP contribution is -2.08. The molecule has 0 saturated carbocycles. The van der Waals surface area contributed by atoms with Crippen molar-refractivity contribution in [2.75, 3.05) is 13.2 Å². The maximum atomic E-state index is 12.0. The van der Waals surface area contributed by atoms with E-state index in [1.165, 1.54) is 27.8 Å². The molecule has 0 saturated heterocycles. The van der Waals surface area contributed by atoms with Gasteiger partial charge in [-0.3, -0.25) is 0 Å². The van der Waals surface area contributed by atoms with Crippen LogP contribution in [0.5, 0.6) is 0 Å². The van der Waals surface area contributed by atoms with Gasteiger partial charge in [-0.25, -0.2) is 8.78 Å². The minimum atomic E-state index is -2.39. The molecule has 0 aromatic heterocycles. The highest BCUT2D eigenvalue weighted by atomic mass is 79.9. The fourth-order valence-electron chi connectivity index (χ4n) is 2.22. The molecule has 1 nitrogen and oxygen atoms in total. The summed E-state index contributed by atoms with van der Waals surface area (Å²) >= 11 is 3.66. The van der Waals surface area contributed by atoms with Crippen LogP contribution in [-0.2, 0) is 4.74 Å². The van der Waals surface area contributed by atoms with E-state index in [1.807, 2.05) is 0 Å². The van der Waals surface area contributed by atoms with Gasteiger partial charge in [0, 0.05) is 11.4 Å². The maximum Gasteiger partial charge on any atom is 0.261 e. The molecule has 19 heavy (non-hydrogen) atoms. The first-order chi connectivity index (χ1) is 8.84. The van der Waals surface area contributed by atoms with Crippen molar-refractivity contribution in [3.63, 3.8) is 0 Å². The van der Waals surface area contributed by atoms with Gasteiger partial charge in [-0.1, -0.05) is 22.0 Å². The molecule has 1 atom stereocenters. The number of halogens is 3. The van der Waals surface area contributed by atoms with E-state index < -0.39 is 13.0 Å². The van der Waals surface area contributed by atoms with Gasteiger partial charge in [-0.2, -0.15) is 0 Å². The van der Waals surface area contributed by atoms with E-state index in [4.69, 9.17) is 4.74 Å². The molecule has 0 aliphatic rings. The van der Waals surface area contributed by atoms with Crippen molar-refractivity contribution in [2.24, 2.45) is 0 Å². The van der Waals surface area contributed by atoms with Crippen molar-refractivity contribution in [3.8, 4) is 0 Å². The fraction of sp³-hybridized carbons (Fsp3) is 0.600. The molecule has 0 N–H and O–H groups in total. The Morgan fingerprint density at radius 3 is 2.11 bits per heavy atom.